The first-order valence-electron chi connectivity index (χ1n) is 12.6. The number of amides is 1. The minimum atomic E-state index is -0.111. The molecule has 0 spiro atoms. The number of aromatic hydroxyl groups is 1. The van der Waals surface area contributed by atoms with Crippen molar-refractivity contribution < 1.29 is 14.3 Å². The van der Waals surface area contributed by atoms with E-state index in [1.54, 1.807) is 12.3 Å². The number of nitrogens with one attached hydrogen (secondary N) is 1. The van der Waals surface area contributed by atoms with E-state index in [0.29, 0.717) is 11.3 Å². The Labute approximate surface area is 237 Å². The highest BCUT2D eigenvalue weighted by molar-refractivity contribution is 8.01. The van der Waals surface area contributed by atoms with Crippen molar-refractivity contribution in [2.45, 2.75) is 4.34 Å². The second kappa shape index (κ2) is 10.1. The number of furan rings is 1. The molecule has 2 aromatic heterocycles. The third kappa shape index (κ3) is 4.68. The molecule has 6 nitrogen and oxygen atoms in total. The predicted molar refractivity (Wildman–Crippen MR) is 166 cm³/mol. The van der Waals surface area contributed by atoms with Crippen LogP contribution in [0.5, 0.6) is 5.75 Å². The summed E-state index contributed by atoms with van der Waals surface area (Å²) in [7, 11) is 0. The van der Waals surface area contributed by atoms with Gasteiger partial charge < -0.3 is 14.8 Å². The summed E-state index contributed by atoms with van der Waals surface area (Å²) < 4.78 is 7.72. The van der Waals surface area contributed by atoms with Gasteiger partial charge >= 0.3 is 0 Å². The molecular formula is C32H21N3O3S2. The average molecular weight is 560 g/mol. The zero-order valence-electron chi connectivity index (χ0n) is 21.0. The number of carbonyl (C=O) groups excluding carboxylic acids is 1. The molecule has 7 aromatic rings. The SMILES string of the molecule is O=C(CSc1nc2ccc(N=Cc3c(O)ccc4ccccc34)cc2s1)Nc1ccc2c(c1)oc1ccccc12. The van der Waals surface area contributed by atoms with Crippen molar-refractivity contribution in [3.8, 4) is 5.75 Å². The second-order valence-corrected chi connectivity index (χ2v) is 11.5. The molecular weight excluding hydrogens is 539 g/mol. The highest BCUT2D eigenvalue weighted by Gasteiger charge is 2.11. The number of benzene rings is 5. The summed E-state index contributed by atoms with van der Waals surface area (Å²) in [6.45, 7) is 0. The van der Waals surface area contributed by atoms with Crippen LogP contribution in [0.3, 0.4) is 0 Å². The van der Waals surface area contributed by atoms with Crippen LogP contribution < -0.4 is 5.32 Å². The van der Waals surface area contributed by atoms with Gasteiger partial charge in [0.15, 0.2) is 4.34 Å². The minimum absolute atomic E-state index is 0.111. The zero-order valence-corrected chi connectivity index (χ0v) is 22.6. The average Bonchev–Trinajstić information content (AvgIpc) is 3.55. The van der Waals surface area contributed by atoms with Crippen molar-refractivity contribution >= 4 is 89.5 Å². The van der Waals surface area contributed by atoms with Crippen molar-refractivity contribution in [1.29, 1.82) is 0 Å². The lowest BCUT2D eigenvalue weighted by Gasteiger charge is -2.04. The Morgan fingerprint density at radius 1 is 0.925 bits per heavy atom. The fourth-order valence-electron chi connectivity index (χ4n) is 4.72. The van der Waals surface area contributed by atoms with E-state index in [-0.39, 0.29) is 17.4 Å². The number of para-hydroxylation sites is 1. The van der Waals surface area contributed by atoms with Gasteiger partial charge in [0.25, 0.3) is 0 Å². The van der Waals surface area contributed by atoms with Gasteiger partial charge in [-0.3, -0.25) is 9.79 Å². The Kier molecular flexibility index (Phi) is 6.18. The van der Waals surface area contributed by atoms with Gasteiger partial charge in [0.2, 0.25) is 5.91 Å². The number of carbonyl (C=O) groups is 1. The van der Waals surface area contributed by atoms with Gasteiger partial charge in [-0.2, -0.15) is 0 Å². The maximum absolute atomic E-state index is 12.7. The first kappa shape index (κ1) is 24.4. The van der Waals surface area contributed by atoms with Crippen LogP contribution in [0.15, 0.2) is 111 Å². The number of rotatable bonds is 6. The number of phenolic OH excluding ortho intramolecular Hbond substituents is 1. The molecule has 0 saturated carbocycles. The smallest absolute Gasteiger partial charge is 0.234 e. The van der Waals surface area contributed by atoms with Gasteiger partial charge in [-0.1, -0.05) is 60.3 Å². The first-order valence-corrected chi connectivity index (χ1v) is 14.4. The van der Waals surface area contributed by atoms with Gasteiger partial charge in [-0.05, 0) is 53.2 Å². The molecule has 5 aromatic carbocycles. The molecule has 0 atom stereocenters. The van der Waals surface area contributed by atoms with Crippen LogP contribution in [0.4, 0.5) is 11.4 Å². The monoisotopic (exact) mass is 559 g/mol. The molecule has 0 fully saturated rings. The predicted octanol–water partition coefficient (Wildman–Crippen LogP) is 8.54. The summed E-state index contributed by atoms with van der Waals surface area (Å²) in [5.74, 6) is 0.319. The summed E-state index contributed by atoms with van der Waals surface area (Å²) >= 11 is 2.93. The van der Waals surface area contributed by atoms with Crippen molar-refractivity contribution in [2.75, 3.05) is 11.1 Å². The number of thioether (sulfide) groups is 1. The normalized spacial score (nSPS) is 11.8. The highest BCUT2D eigenvalue weighted by atomic mass is 32.2. The lowest BCUT2D eigenvalue weighted by Crippen LogP contribution is -2.13. The van der Waals surface area contributed by atoms with Crippen molar-refractivity contribution in [2.24, 2.45) is 4.99 Å². The number of fused-ring (bicyclic) bond motifs is 5. The van der Waals surface area contributed by atoms with E-state index >= 15 is 0 Å². The molecule has 0 aliphatic rings. The molecule has 0 unspecified atom stereocenters. The highest BCUT2D eigenvalue weighted by Crippen LogP contribution is 2.33. The zero-order chi connectivity index (χ0) is 27.1. The summed E-state index contributed by atoms with van der Waals surface area (Å²) in [6, 6.07) is 30.9. The third-order valence-electron chi connectivity index (χ3n) is 6.63. The van der Waals surface area contributed by atoms with Gasteiger partial charge in [0, 0.05) is 34.3 Å². The van der Waals surface area contributed by atoms with E-state index in [1.807, 2.05) is 91.0 Å². The van der Waals surface area contributed by atoms with Crippen LogP contribution in [0.2, 0.25) is 0 Å². The number of aromatic nitrogens is 1. The van der Waals surface area contributed by atoms with Crippen LogP contribution in [-0.2, 0) is 4.79 Å². The quantitative estimate of drug-likeness (QED) is 0.157. The summed E-state index contributed by atoms with van der Waals surface area (Å²) in [6.07, 6.45) is 1.70. The van der Waals surface area contributed by atoms with Crippen LogP contribution >= 0.6 is 23.1 Å². The summed E-state index contributed by atoms with van der Waals surface area (Å²) in [5.41, 5.74) is 4.57. The Bertz CT molecular complexity index is 2090. The Balaban J connectivity index is 1.04. The minimum Gasteiger partial charge on any atom is -0.507 e. The molecule has 194 valence electrons. The summed E-state index contributed by atoms with van der Waals surface area (Å²) in [4.78, 5) is 22.0. The Morgan fingerprint density at radius 2 is 1.75 bits per heavy atom. The molecule has 0 aliphatic carbocycles. The van der Waals surface area contributed by atoms with Crippen LogP contribution in [0.25, 0.3) is 42.9 Å². The van der Waals surface area contributed by atoms with Crippen LogP contribution in [0.1, 0.15) is 5.56 Å². The molecule has 0 radical (unpaired) electrons. The third-order valence-corrected chi connectivity index (χ3v) is 8.79. The number of aliphatic imine (C=N–C) groups is 1. The number of anilines is 1. The van der Waals surface area contributed by atoms with Crippen LogP contribution in [-0.4, -0.2) is 28.0 Å². The number of hydrogen-bond acceptors (Lipinski definition) is 7. The maximum atomic E-state index is 12.7. The molecule has 40 heavy (non-hydrogen) atoms. The molecule has 0 aliphatic heterocycles. The van der Waals surface area contributed by atoms with Gasteiger partial charge in [0.1, 0.15) is 16.9 Å². The Hall–Kier alpha value is -4.66. The lowest BCUT2D eigenvalue weighted by atomic mass is 10.0. The molecule has 2 heterocycles. The van der Waals surface area contributed by atoms with Crippen molar-refractivity contribution in [3.05, 3.63) is 103 Å². The molecule has 8 heteroatoms. The van der Waals surface area contributed by atoms with E-state index in [9.17, 15) is 9.90 Å². The van der Waals surface area contributed by atoms with E-state index in [4.69, 9.17) is 4.42 Å². The second-order valence-electron chi connectivity index (χ2n) is 9.26. The Morgan fingerprint density at radius 3 is 2.67 bits per heavy atom. The van der Waals surface area contributed by atoms with Gasteiger partial charge in [-0.15, -0.1) is 11.3 Å². The fraction of sp³-hybridized carbons (Fsp3) is 0.0312. The lowest BCUT2D eigenvalue weighted by molar-refractivity contribution is -0.113. The van der Waals surface area contributed by atoms with Gasteiger partial charge in [0.05, 0.1) is 21.7 Å². The summed E-state index contributed by atoms with van der Waals surface area (Å²) in [5, 5.41) is 17.4. The van der Waals surface area contributed by atoms with E-state index in [0.717, 1.165) is 53.0 Å². The van der Waals surface area contributed by atoms with Crippen molar-refractivity contribution in [1.82, 2.24) is 4.98 Å². The first-order chi connectivity index (χ1) is 19.6. The number of phenols is 1. The standard InChI is InChI=1S/C32H21N3O3S2/c36-27-14-9-19-5-1-2-6-22(19)25(27)17-33-20-11-13-26-30(16-20)40-32(35-26)39-18-31(37)34-21-10-12-24-23-7-3-4-8-28(23)38-29(24)15-21/h1-17,36H,18H2,(H,34,37). The molecule has 0 saturated heterocycles. The topological polar surface area (TPSA) is 87.7 Å². The van der Waals surface area contributed by atoms with E-state index in [1.165, 1.54) is 23.1 Å². The molecule has 1 amide bonds. The number of thiazole rings is 1. The fourth-order valence-corrected chi connectivity index (χ4v) is 6.62. The van der Waals surface area contributed by atoms with Crippen LogP contribution in [0, 0.1) is 0 Å². The van der Waals surface area contributed by atoms with Crippen molar-refractivity contribution in [3.63, 3.8) is 0 Å². The molecule has 7 rings (SSSR count). The molecule has 0 bridgehead atoms. The maximum Gasteiger partial charge on any atom is 0.234 e. The van der Waals surface area contributed by atoms with E-state index in [2.05, 4.69) is 15.3 Å². The number of nitrogens with zero attached hydrogens (tertiary/aromatic N) is 2. The number of hydrogen-bond donors (Lipinski definition) is 2. The van der Waals surface area contributed by atoms with E-state index < -0.39 is 0 Å². The molecule has 2 N–H and O–H groups in total. The largest absolute Gasteiger partial charge is 0.507 e. The van der Waals surface area contributed by atoms with Gasteiger partial charge in [-0.25, -0.2) is 4.98 Å².